The number of hydrogen-bond donors (Lipinski definition) is 3. The van der Waals surface area contributed by atoms with Crippen LogP contribution in [0.5, 0.6) is 0 Å². The summed E-state index contributed by atoms with van der Waals surface area (Å²) in [7, 11) is 0. The molecule has 0 radical (unpaired) electrons. The summed E-state index contributed by atoms with van der Waals surface area (Å²) < 4.78 is 1.73. The van der Waals surface area contributed by atoms with Gasteiger partial charge < -0.3 is 15.3 Å². The fourth-order valence-corrected chi connectivity index (χ4v) is 5.16. The van der Waals surface area contributed by atoms with E-state index in [1.54, 1.807) is 23.1 Å². The minimum absolute atomic E-state index is 0.220. The van der Waals surface area contributed by atoms with Gasteiger partial charge in [0.05, 0.1) is 35.2 Å². The number of hydrogen-bond acceptors (Lipinski definition) is 4. The second-order valence-electron chi connectivity index (χ2n) is 9.90. The average Bonchev–Trinajstić information content (AvgIpc) is 3.59. The number of benzene rings is 2. The van der Waals surface area contributed by atoms with Gasteiger partial charge in [-0.25, -0.2) is 0 Å². The van der Waals surface area contributed by atoms with Gasteiger partial charge >= 0.3 is 0 Å². The Balaban J connectivity index is 1.21. The molecule has 4 heterocycles. The zero-order valence-electron chi connectivity index (χ0n) is 21.1. The van der Waals surface area contributed by atoms with Gasteiger partial charge in [0.1, 0.15) is 0 Å². The Morgan fingerprint density at radius 3 is 2.66 bits per heavy atom. The molecule has 8 heteroatoms. The van der Waals surface area contributed by atoms with Gasteiger partial charge in [0.15, 0.2) is 0 Å². The molecular weight excluding hydrogens is 476 g/mol. The van der Waals surface area contributed by atoms with E-state index in [1.165, 1.54) is 31.0 Å². The van der Waals surface area contributed by atoms with Crippen molar-refractivity contribution in [3.8, 4) is 11.3 Å². The number of rotatable bonds is 7. The molecule has 5 aromatic rings. The van der Waals surface area contributed by atoms with E-state index in [2.05, 4.69) is 37.4 Å². The van der Waals surface area contributed by atoms with Crippen LogP contribution in [-0.2, 0) is 13.1 Å². The molecule has 1 aliphatic heterocycles. The number of fused-ring (bicyclic) bond motifs is 1. The molecule has 0 unspecified atom stereocenters. The zero-order chi connectivity index (χ0) is 25.9. The maximum absolute atomic E-state index is 12.9. The molecule has 0 spiro atoms. The van der Waals surface area contributed by atoms with Crippen LogP contribution in [0, 0.1) is 0 Å². The summed E-state index contributed by atoms with van der Waals surface area (Å²) in [4.78, 5) is 34.4. The highest BCUT2D eigenvalue weighted by atomic mass is 16.1. The summed E-state index contributed by atoms with van der Waals surface area (Å²) >= 11 is 0. The van der Waals surface area contributed by atoms with Crippen LogP contribution in [0.4, 0.5) is 5.69 Å². The second-order valence-corrected chi connectivity index (χ2v) is 9.90. The number of piperidine rings is 1. The number of carbonyl (C=O) groups is 1. The Morgan fingerprint density at radius 1 is 0.974 bits per heavy atom. The zero-order valence-corrected chi connectivity index (χ0v) is 21.1. The highest BCUT2D eigenvalue weighted by Gasteiger charge is 2.16. The number of aromatic nitrogens is 4. The molecule has 2 aromatic carbocycles. The Kier molecular flexibility index (Phi) is 6.62. The quantitative estimate of drug-likeness (QED) is 0.289. The van der Waals surface area contributed by atoms with E-state index in [4.69, 9.17) is 0 Å². The molecule has 38 heavy (non-hydrogen) atoms. The fourth-order valence-electron chi connectivity index (χ4n) is 5.16. The highest BCUT2D eigenvalue weighted by molar-refractivity contribution is 6.04. The summed E-state index contributed by atoms with van der Waals surface area (Å²) in [5.74, 6) is -0.289. The van der Waals surface area contributed by atoms with E-state index in [0.717, 1.165) is 41.8 Å². The number of pyridine rings is 1. The Hall–Kier alpha value is -4.43. The first-order chi connectivity index (χ1) is 18.6. The lowest BCUT2D eigenvalue weighted by molar-refractivity contribution is 0.102. The number of anilines is 1. The van der Waals surface area contributed by atoms with E-state index in [9.17, 15) is 9.59 Å². The molecule has 6 rings (SSSR count). The normalized spacial score (nSPS) is 14.1. The molecule has 0 aliphatic carbocycles. The predicted molar refractivity (Wildman–Crippen MR) is 149 cm³/mol. The number of aromatic amines is 2. The number of nitrogens with one attached hydrogen (secondary N) is 3. The number of nitrogens with zero attached hydrogens (tertiary/aromatic N) is 3. The summed E-state index contributed by atoms with van der Waals surface area (Å²) in [6, 6.07) is 20.0. The fraction of sp³-hybridized carbons (Fsp3) is 0.233. The monoisotopic (exact) mass is 506 g/mol. The van der Waals surface area contributed by atoms with Crippen molar-refractivity contribution in [1.29, 1.82) is 0 Å². The van der Waals surface area contributed by atoms with Crippen molar-refractivity contribution in [1.82, 2.24) is 24.6 Å². The third kappa shape index (κ3) is 5.17. The van der Waals surface area contributed by atoms with E-state index in [-0.39, 0.29) is 11.5 Å². The van der Waals surface area contributed by atoms with Crippen molar-refractivity contribution >= 4 is 22.5 Å². The van der Waals surface area contributed by atoms with E-state index in [0.29, 0.717) is 23.4 Å². The van der Waals surface area contributed by atoms with Crippen LogP contribution >= 0.6 is 0 Å². The largest absolute Gasteiger partial charge is 0.354 e. The SMILES string of the molecule is O=C(Nc1c[nH]c(=O)c(-c2cc3c(CN4CCCCC4)cccc3[nH]2)c1)c1cnn(Cc2ccccc2)c1. The minimum atomic E-state index is -0.289. The smallest absolute Gasteiger partial charge is 0.258 e. The standard InChI is InChI=1S/C30H30N6O2/c37-29(23-16-32-36(20-23)18-21-8-3-1-4-9-21)33-24-14-26(30(38)31-17-24)28-15-25-22(10-7-11-27(25)34-28)19-35-12-5-2-6-13-35/h1,3-4,7-11,14-17,20,34H,2,5-6,12-13,18-19H2,(H,31,38)(H,33,37). The van der Waals surface area contributed by atoms with Crippen LogP contribution in [0.1, 0.15) is 40.7 Å². The number of likely N-dealkylation sites (tertiary alicyclic amines) is 1. The lowest BCUT2D eigenvalue weighted by Crippen LogP contribution is -2.29. The Labute approximate surface area is 220 Å². The lowest BCUT2D eigenvalue weighted by Gasteiger charge is -2.26. The molecule has 3 N–H and O–H groups in total. The van der Waals surface area contributed by atoms with Gasteiger partial charge in [0.25, 0.3) is 11.5 Å². The van der Waals surface area contributed by atoms with Crippen LogP contribution in [0.25, 0.3) is 22.2 Å². The van der Waals surface area contributed by atoms with E-state index < -0.39 is 0 Å². The summed E-state index contributed by atoms with van der Waals surface area (Å²) in [5.41, 5.74) is 5.28. The van der Waals surface area contributed by atoms with E-state index in [1.807, 2.05) is 42.5 Å². The molecule has 8 nitrogen and oxygen atoms in total. The van der Waals surface area contributed by atoms with Crippen molar-refractivity contribution in [2.75, 3.05) is 18.4 Å². The number of amides is 1. The van der Waals surface area contributed by atoms with Crippen molar-refractivity contribution < 1.29 is 4.79 Å². The molecule has 1 saturated heterocycles. The average molecular weight is 507 g/mol. The van der Waals surface area contributed by atoms with Gasteiger partial charge in [-0.1, -0.05) is 48.9 Å². The molecule has 0 atom stereocenters. The third-order valence-corrected chi connectivity index (χ3v) is 7.13. The van der Waals surface area contributed by atoms with Gasteiger partial charge in [-0.2, -0.15) is 5.10 Å². The Morgan fingerprint density at radius 2 is 1.82 bits per heavy atom. The van der Waals surface area contributed by atoms with Crippen molar-refractivity contribution in [3.63, 3.8) is 0 Å². The van der Waals surface area contributed by atoms with Gasteiger partial charge in [-0.15, -0.1) is 0 Å². The van der Waals surface area contributed by atoms with Crippen LogP contribution in [0.15, 0.2) is 84.0 Å². The first-order valence-corrected chi connectivity index (χ1v) is 13.1. The molecule has 1 amide bonds. The molecule has 3 aromatic heterocycles. The molecule has 0 bridgehead atoms. The maximum atomic E-state index is 12.9. The van der Waals surface area contributed by atoms with Gasteiger partial charge in [0.2, 0.25) is 0 Å². The summed E-state index contributed by atoms with van der Waals surface area (Å²) in [6.45, 7) is 3.73. The number of carbonyl (C=O) groups excluding carboxylic acids is 1. The highest BCUT2D eigenvalue weighted by Crippen LogP contribution is 2.27. The lowest BCUT2D eigenvalue weighted by atomic mass is 10.1. The summed E-state index contributed by atoms with van der Waals surface area (Å²) in [5, 5.41) is 8.32. The topological polar surface area (TPSA) is 98.8 Å². The molecule has 1 aliphatic rings. The van der Waals surface area contributed by atoms with Gasteiger partial charge in [-0.05, 0) is 55.3 Å². The van der Waals surface area contributed by atoms with Crippen molar-refractivity contribution in [2.24, 2.45) is 0 Å². The number of H-pyrrole nitrogens is 2. The minimum Gasteiger partial charge on any atom is -0.354 e. The third-order valence-electron chi connectivity index (χ3n) is 7.13. The van der Waals surface area contributed by atoms with Gasteiger partial charge in [0, 0.05) is 29.8 Å². The van der Waals surface area contributed by atoms with Crippen molar-refractivity contribution in [2.45, 2.75) is 32.4 Å². The predicted octanol–water partition coefficient (Wildman–Crippen LogP) is 5.01. The maximum Gasteiger partial charge on any atom is 0.258 e. The summed E-state index contributed by atoms with van der Waals surface area (Å²) in [6.07, 6.45) is 8.58. The molecule has 1 fully saturated rings. The van der Waals surface area contributed by atoms with Crippen molar-refractivity contribution in [3.05, 3.63) is 106 Å². The second kappa shape index (κ2) is 10.5. The first kappa shape index (κ1) is 23.9. The first-order valence-electron chi connectivity index (χ1n) is 13.1. The molecule has 192 valence electrons. The Bertz CT molecular complexity index is 1630. The van der Waals surface area contributed by atoms with Gasteiger partial charge in [-0.3, -0.25) is 19.2 Å². The van der Waals surface area contributed by atoms with Crippen LogP contribution < -0.4 is 10.9 Å². The molecule has 0 saturated carbocycles. The molecular formula is C30H30N6O2. The van der Waals surface area contributed by atoms with Crippen LogP contribution in [-0.4, -0.2) is 43.6 Å². The van der Waals surface area contributed by atoms with E-state index >= 15 is 0 Å². The van der Waals surface area contributed by atoms with Crippen LogP contribution in [0.2, 0.25) is 0 Å². The van der Waals surface area contributed by atoms with Crippen LogP contribution in [0.3, 0.4) is 0 Å².